The van der Waals surface area contributed by atoms with Gasteiger partial charge in [0.15, 0.2) is 5.78 Å². The summed E-state index contributed by atoms with van der Waals surface area (Å²) in [6.07, 6.45) is 4.90. The van der Waals surface area contributed by atoms with Crippen molar-refractivity contribution in [1.82, 2.24) is 4.98 Å². The third-order valence-corrected chi connectivity index (χ3v) is 6.56. The molecule has 3 aromatic rings. The summed E-state index contributed by atoms with van der Waals surface area (Å²) in [6.45, 7) is 7.95. The van der Waals surface area contributed by atoms with Crippen molar-refractivity contribution in [1.29, 1.82) is 0 Å². The molecule has 1 aliphatic carbocycles. The molecule has 0 spiro atoms. The molecule has 0 saturated carbocycles. The fourth-order valence-electron chi connectivity index (χ4n) is 5.28. The molecule has 0 unspecified atom stereocenters. The van der Waals surface area contributed by atoms with Crippen molar-refractivity contribution in [3.8, 4) is 11.1 Å². The molecule has 0 amide bonds. The lowest BCUT2D eigenvalue weighted by Crippen LogP contribution is -2.53. The minimum atomic E-state index is -0.599. The molecule has 1 aliphatic heterocycles. The van der Waals surface area contributed by atoms with Crippen LogP contribution < -0.4 is 5.32 Å². The Kier molecular flexibility index (Phi) is 3.41. The van der Waals surface area contributed by atoms with Gasteiger partial charge in [0.1, 0.15) is 5.82 Å². The lowest BCUT2D eigenvalue weighted by atomic mass is 9.68. The van der Waals surface area contributed by atoms with E-state index >= 15 is 0 Å². The Bertz CT molecular complexity index is 1150. The largest absolute Gasteiger partial charge is 0.373 e. The van der Waals surface area contributed by atoms with Crippen LogP contribution in [0.3, 0.4) is 0 Å². The van der Waals surface area contributed by atoms with Gasteiger partial charge < -0.3 is 10.3 Å². The standard InChI is InChI=1S/C24H25FN2O/c1-23(2)19-12-17(18-11-14(25)10-13-8-9-26-20(13)18)15-6-5-7-16(15)21(19)27-24(3,4)22(23)28/h8-12,26-27H,5-7H2,1-4H3. The Labute approximate surface area is 164 Å². The minimum absolute atomic E-state index is 0.181. The van der Waals surface area contributed by atoms with Crippen LogP contribution in [0.4, 0.5) is 10.1 Å². The molecule has 28 heavy (non-hydrogen) atoms. The highest BCUT2D eigenvalue weighted by Crippen LogP contribution is 2.49. The highest BCUT2D eigenvalue weighted by atomic mass is 19.1. The molecule has 2 N–H and O–H groups in total. The summed E-state index contributed by atoms with van der Waals surface area (Å²) in [6, 6.07) is 7.21. The first-order valence-electron chi connectivity index (χ1n) is 9.99. The number of carbonyl (C=O) groups excluding carboxylic acids is 1. The first-order chi connectivity index (χ1) is 13.2. The van der Waals surface area contributed by atoms with Crippen LogP contribution in [0, 0.1) is 5.82 Å². The van der Waals surface area contributed by atoms with Crippen molar-refractivity contribution in [3.63, 3.8) is 0 Å². The lowest BCUT2D eigenvalue weighted by Gasteiger charge is -2.43. The maximum atomic E-state index is 14.4. The van der Waals surface area contributed by atoms with Gasteiger partial charge in [-0.2, -0.15) is 0 Å². The number of ketones is 1. The van der Waals surface area contributed by atoms with E-state index in [0.29, 0.717) is 0 Å². The number of Topliss-reactive ketones (excluding diaryl/α,β-unsaturated/α-hetero) is 1. The summed E-state index contributed by atoms with van der Waals surface area (Å²) in [5, 5.41) is 4.40. The normalized spacial score (nSPS) is 19.4. The van der Waals surface area contributed by atoms with Gasteiger partial charge in [0.05, 0.1) is 16.5 Å². The van der Waals surface area contributed by atoms with Crippen molar-refractivity contribution in [3.05, 3.63) is 53.0 Å². The van der Waals surface area contributed by atoms with E-state index in [0.717, 1.165) is 52.5 Å². The molecule has 2 heterocycles. The summed E-state index contributed by atoms with van der Waals surface area (Å²) in [5.74, 6) is -0.0539. The number of benzene rings is 2. The van der Waals surface area contributed by atoms with Crippen LogP contribution in [0.15, 0.2) is 30.5 Å². The van der Waals surface area contributed by atoms with E-state index in [9.17, 15) is 9.18 Å². The van der Waals surface area contributed by atoms with Gasteiger partial charge in [0.2, 0.25) is 0 Å². The monoisotopic (exact) mass is 376 g/mol. The topological polar surface area (TPSA) is 44.9 Å². The van der Waals surface area contributed by atoms with E-state index in [-0.39, 0.29) is 11.6 Å². The van der Waals surface area contributed by atoms with E-state index in [1.807, 2.05) is 40.0 Å². The van der Waals surface area contributed by atoms with Crippen molar-refractivity contribution in [2.24, 2.45) is 0 Å². The third kappa shape index (κ3) is 2.24. The zero-order valence-electron chi connectivity index (χ0n) is 16.8. The van der Waals surface area contributed by atoms with Crippen LogP contribution in [-0.4, -0.2) is 16.3 Å². The number of hydrogen-bond donors (Lipinski definition) is 2. The number of anilines is 1. The molecule has 0 atom stereocenters. The first kappa shape index (κ1) is 17.5. The summed E-state index contributed by atoms with van der Waals surface area (Å²) in [5.41, 5.74) is 6.41. The van der Waals surface area contributed by atoms with Gasteiger partial charge in [-0.3, -0.25) is 4.79 Å². The van der Waals surface area contributed by atoms with Gasteiger partial charge in [0.25, 0.3) is 0 Å². The Balaban J connectivity index is 1.86. The van der Waals surface area contributed by atoms with E-state index in [1.165, 1.54) is 11.1 Å². The molecule has 0 bridgehead atoms. The number of fused-ring (bicyclic) bond motifs is 4. The molecule has 2 aliphatic rings. The number of nitrogens with one attached hydrogen (secondary N) is 2. The number of halogens is 1. The van der Waals surface area contributed by atoms with Crippen LogP contribution in [0.2, 0.25) is 0 Å². The van der Waals surface area contributed by atoms with Crippen molar-refractivity contribution >= 4 is 22.4 Å². The van der Waals surface area contributed by atoms with Crippen LogP contribution in [-0.2, 0) is 23.1 Å². The summed E-state index contributed by atoms with van der Waals surface area (Å²) in [7, 11) is 0. The Morgan fingerprint density at radius 2 is 1.75 bits per heavy atom. The molecular formula is C24H25FN2O. The van der Waals surface area contributed by atoms with Crippen LogP contribution in [0.25, 0.3) is 22.0 Å². The maximum Gasteiger partial charge on any atom is 0.167 e. The van der Waals surface area contributed by atoms with E-state index in [1.54, 1.807) is 12.1 Å². The van der Waals surface area contributed by atoms with Gasteiger partial charge in [-0.05, 0) is 93.5 Å². The van der Waals surface area contributed by atoms with E-state index < -0.39 is 11.0 Å². The smallest absolute Gasteiger partial charge is 0.167 e. The predicted octanol–water partition coefficient (Wildman–Crippen LogP) is 5.51. The number of aromatic nitrogens is 1. The molecule has 4 heteroatoms. The zero-order valence-corrected chi connectivity index (χ0v) is 16.8. The molecule has 0 saturated heterocycles. The Morgan fingerprint density at radius 3 is 2.54 bits per heavy atom. The SMILES string of the molecule is CC1(C)Nc2c(cc(-c3cc(F)cc4cc[nH]c34)c3c2CCC3)C(C)(C)C1=O. The molecule has 0 fully saturated rings. The van der Waals surface area contributed by atoms with Gasteiger partial charge in [-0.25, -0.2) is 4.39 Å². The van der Waals surface area contributed by atoms with Crippen molar-refractivity contribution in [2.75, 3.05) is 5.32 Å². The predicted molar refractivity (Wildman–Crippen MR) is 111 cm³/mol. The Hall–Kier alpha value is -2.62. The van der Waals surface area contributed by atoms with Gasteiger partial charge >= 0.3 is 0 Å². The fourth-order valence-corrected chi connectivity index (χ4v) is 5.28. The minimum Gasteiger partial charge on any atom is -0.373 e. The highest BCUT2D eigenvalue weighted by molar-refractivity contribution is 6.04. The molecule has 3 nitrogen and oxygen atoms in total. The summed E-state index contributed by atoms with van der Waals surface area (Å²) < 4.78 is 14.4. The average Bonchev–Trinajstić information content (AvgIpc) is 3.28. The number of aromatic amines is 1. The number of rotatable bonds is 1. The second-order valence-electron chi connectivity index (χ2n) is 9.26. The highest BCUT2D eigenvalue weighted by Gasteiger charge is 2.47. The van der Waals surface area contributed by atoms with Crippen molar-refractivity contribution < 1.29 is 9.18 Å². The summed E-state index contributed by atoms with van der Waals surface area (Å²) in [4.78, 5) is 16.5. The second-order valence-corrected chi connectivity index (χ2v) is 9.26. The maximum absolute atomic E-state index is 14.4. The fraction of sp³-hybridized carbons (Fsp3) is 0.375. The summed E-state index contributed by atoms with van der Waals surface area (Å²) >= 11 is 0. The van der Waals surface area contributed by atoms with Crippen LogP contribution >= 0.6 is 0 Å². The number of carbonyl (C=O) groups is 1. The van der Waals surface area contributed by atoms with E-state index in [2.05, 4.69) is 16.4 Å². The third-order valence-electron chi connectivity index (χ3n) is 6.56. The molecule has 1 aromatic heterocycles. The molecular weight excluding hydrogens is 351 g/mol. The van der Waals surface area contributed by atoms with Crippen LogP contribution in [0.1, 0.15) is 50.8 Å². The second kappa shape index (κ2) is 5.47. The first-order valence-corrected chi connectivity index (χ1v) is 9.99. The molecule has 0 radical (unpaired) electrons. The van der Waals surface area contributed by atoms with Crippen molar-refractivity contribution in [2.45, 2.75) is 57.9 Å². The molecule has 2 aromatic carbocycles. The quantitative estimate of drug-likeness (QED) is 0.588. The molecule has 5 rings (SSSR count). The Morgan fingerprint density at radius 1 is 1.00 bits per heavy atom. The van der Waals surface area contributed by atoms with Crippen LogP contribution in [0.5, 0.6) is 0 Å². The van der Waals surface area contributed by atoms with E-state index in [4.69, 9.17) is 0 Å². The number of H-pyrrole nitrogens is 1. The zero-order chi connectivity index (χ0) is 19.8. The number of hydrogen-bond acceptors (Lipinski definition) is 2. The van der Waals surface area contributed by atoms with Gasteiger partial charge in [-0.1, -0.05) is 0 Å². The van der Waals surface area contributed by atoms with Gasteiger partial charge in [0, 0.05) is 22.8 Å². The lowest BCUT2D eigenvalue weighted by molar-refractivity contribution is -0.127. The van der Waals surface area contributed by atoms with Gasteiger partial charge in [-0.15, -0.1) is 0 Å². The average molecular weight is 376 g/mol. The molecule has 144 valence electrons.